The normalized spacial score (nSPS) is 14.6. The molecule has 3 amide bonds. The Hall–Kier alpha value is -3.78. The van der Waals surface area contributed by atoms with Crippen LogP contribution in [0.3, 0.4) is 0 Å². The monoisotopic (exact) mass is 491 g/mol. The Labute approximate surface area is 209 Å². The Morgan fingerprint density at radius 3 is 2.69 bits per heavy atom. The van der Waals surface area contributed by atoms with Crippen LogP contribution in [0.15, 0.2) is 72.6 Å². The summed E-state index contributed by atoms with van der Waals surface area (Å²) in [6.07, 6.45) is 2.42. The van der Waals surface area contributed by atoms with Gasteiger partial charge in [0.25, 0.3) is 0 Å². The predicted octanol–water partition coefficient (Wildman–Crippen LogP) is 4.96. The minimum atomic E-state index is -0.411. The van der Waals surface area contributed by atoms with Crippen LogP contribution in [0.2, 0.25) is 0 Å². The molecule has 0 fully saturated rings. The van der Waals surface area contributed by atoms with Gasteiger partial charge in [0.1, 0.15) is 18.0 Å². The Balaban J connectivity index is 1.54. The molecule has 0 aliphatic carbocycles. The van der Waals surface area contributed by atoms with Crippen LogP contribution in [-0.4, -0.2) is 55.6 Å². The van der Waals surface area contributed by atoms with E-state index in [-0.39, 0.29) is 25.0 Å². The lowest BCUT2D eigenvalue weighted by molar-refractivity contribution is -0.133. The molecule has 0 bridgehead atoms. The average molecular weight is 492 g/mol. The van der Waals surface area contributed by atoms with Crippen molar-refractivity contribution in [2.45, 2.75) is 12.5 Å². The van der Waals surface area contributed by atoms with Crippen molar-refractivity contribution >= 4 is 29.0 Å². The van der Waals surface area contributed by atoms with Gasteiger partial charge in [-0.25, -0.2) is 4.79 Å². The number of urea groups is 1. The quantitative estimate of drug-likeness (QED) is 0.452. The van der Waals surface area contributed by atoms with E-state index in [1.165, 1.54) is 16.9 Å². The fourth-order valence-corrected chi connectivity index (χ4v) is 5.21. The van der Waals surface area contributed by atoms with Gasteiger partial charge in [-0.1, -0.05) is 36.4 Å². The molecule has 1 aliphatic heterocycles. The zero-order valence-electron chi connectivity index (χ0n) is 19.9. The maximum atomic E-state index is 13.6. The Kier molecular flexibility index (Phi) is 7.72. The van der Waals surface area contributed by atoms with Crippen LogP contribution < -0.4 is 14.8 Å². The number of thiophene rings is 1. The minimum Gasteiger partial charge on any atom is -0.497 e. The summed E-state index contributed by atoms with van der Waals surface area (Å²) in [5.74, 6) is 0.963. The smallest absolute Gasteiger partial charge is 0.322 e. The van der Waals surface area contributed by atoms with Crippen molar-refractivity contribution in [1.82, 2.24) is 9.80 Å². The summed E-state index contributed by atoms with van der Waals surface area (Å²) in [5.41, 5.74) is 2.70. The third kappa shape index (κ3) is 5.33. The van der Waals surface area contributed by atoms with Gasteiger partial charge in [-0.05, 0) is 41.1 Å². The van der Waals surface area contributed by atoms with E-state index in [0.717, 1.165) is 17.5 Å². The number of anilines is 1. The Morgan fingerprint density at radius 1 is 1.17 bits per heavy atom. The molecular formula is C27H29N3O4S. The van der Waals surface area contributed by atoms with Crippen molar-refractivity contribution in [2.75, 3.05) is 39.2 Å². The van der Waals surface area contributed by atoms with E-state index in [2.05, 4.69) is 23.3 Å². The Morgan fingerprint density at radius 2 is 1.97 bits per heavy atom. The third-order valence-corrected chi connectivity index (χ3v) is 7.01. The summed E-state index contributed by atoms with van der Waals surface area (Å²) in [6.45, 7) is 4.52. The summed E-state index contributed by atoms with van der Waals surface area (Å²) >= 11 is 1.73. The first-order valence-corrected chi connectivity index (χ1v) is 12.2. The molecule has 1 unspecified atom stereocenters. The molecule has 0 spiro atoms. The zero-order valence-corrected chi connectivity index (χ0v) is 20.7. The number of hydrogen-bond donors (Lipinski definition) is 1. The standard InChI is InChI=1S/C27H29N3O4S/c1-4-14-29(27(32)28-22-11-10-20(33-2)17-23(22)34-3)18-25(31)30-15-12-24-21(13-16-35-24)26(30)19-8-6-5-7-9-19/h4-11,13,16-17,26H,1,12,14-15,18H2,2-3H3,(H,28,32). The molecule has 7 nitrogen and oxygen atoms in total. The minimum absolute atomic E-state index is 0.0703. The SMILES string of the molecule is C=CCN(CC(=O)N1CCc2sccc2C1c1ccccc1)C(=O)Nc1ccc(OC)cc1OC. The van der Waals surface area contributed by atoms with Crippen molar-refractivity contribution in [3.05, 3.63) is 88.6 Å². The number of hydrogen-bond acceptors (Lipinski definition) is 5. The fraction of sp³-hybridized carbons (Fsp3) is 0.259. The van der Waals surface area contributed by atoms with E-state index in [0.29, 0.717) is 23.7 Å². The molecule has 182 valence electrons. The van der Waals surface area contributed by atoms with E-state index in [4.69, 9.17) is 9.47 Å². The van der Waals surface area contributed by atoms with Gasteiger partial charge in [-0.15, -0.1) is 17.9 Å². The predicted molar refractivity (Wildman–Crippen MR) is 138 cm³/mol. The Bertz CT molecular complexity index is 1190. The van der Waals surface area contributed by atoms with E-state index >= 15 is 0 Å². The number of fused-ring (bicyclic) bond motifs is 1. The fourth-order valence-electron chi connectivity index (χ4n) is 4.31. The highest BCUT2D eigenvalue weighted by molar-refractivity contribution is 7.10. The maximum Gasteiger partial charge on any atom is 0.322 e. The van der Waals surface area contributed by atoms with Gasteiger partial charge in [0.05, 0.1) is 25.9 Å². The number of rotatable bonds is 8. The topological polar surface area (TPSA) is 71.1 Å². The number of nitrogens with one attached hydrogen (secondary N) is 1. The van der Waals surface area contributed by atoms with E-state index < -0.39 is 6.03 Å². The molecule has 1 aromatic heterocycles. The number of benzene rings is 2. The number of carbonyl (C=O) groups excluding carboxylic acids is 2. The number of methoxy groups -OCH3 is 2. The lowest BCUT2D eigenvalue weighted by atomic mass is 9.93. The summed E-state index contributed by atoms with van der Waals surface area (Å²) in [6, 6.07) is 16.7. The molecule has 1 N–H and O–H groups in total. The van der Waals surface area contributed by atoms with Gasteiger partial charge >= 0.3 is 6.03 Å². The van der Waals surface area contributed by atoms with Crippen LogP contribution in [0, 0.1) is 0 Å². The second-order valence-electron chi connectivity index (χ2n) is 8.12. The van der Waals surface area contributed by atoms with Crippen LogP contribution >= 0.6 is 11.3 Å². The van der Waals surface area contributed by atoms with Crippen molar-refractivity contribution in [3.63, 3.8) is 0 Å². The molecule has 2 aromatic carbocycles. The molecule has 3 aromatic rings. The van der Waals surface area contributed by atoms with Gasteiger partial charge < -0.3 is 24.6 Å². The summed E-state index contributed by atoms with van der Waals surface area (Å²) in [5, 5.41) is 4.93. The lowest BCUT2D eigenvalue weighted by Crippen LogP contribution is -2.47. The van der Waals surface area contributed by atoms with Crippen LogP contribution in [0.4, 0.5) is 10.5 Å². The second-order valence-corrected chi connectivity index (χ2v) is 9.12. The molecule has 35 heavy (non-hydrogen) atoms. The highest BCUT2D eigenvalue weighted by Gasteiger charge is 2.33. The number of nitrogens with zero attached hydrogens (tertiary/aromatic N) is 2. The molecule has 0 radical (unpaired) electrons. The maximum absolute atomic E-state index is 13.6. The molecule has 0 saturated heterocycles. The van der Waals surface area contributed by atoms with Crippen LogP contribution in [0.5, 0.6) is 11.5 Å². The van der Waals surface area contributed by atoms with Crippen LogP contribution in [0.1, 0.15) is 22.0 Å². The lowest BCUT2D eigenvalue weighted by Gasteiger charge is -2.37. The van der Waals surface area contributed by atoms with Gasteiger partial charge in [0.2, 0.25) is 5.91 Å². The second kappa shape index (κ2) is 11.1. The van der Waals surface area contributed by atoms with Crippen LogP contribution in [-0.2, 0) is 11.2 Å². The van der Waals surface area contributed by atoms with E-state index in [9.17, 15) is 9.59 Å². The van der Waals surface area contributed by atoms with Crippen molar-refractivity contribution in [1.29, 1.82) is 0 Å². The first kappa shape index (κ1) is 24.3. The summed E-state index contributed by atoms with van der Waals surface area (Å²) < 4.78 is 10.6. The number of amides is 3. The van der Waals surface area contributed by atoms with Crippen molar-refractivity contribution < 1.29 is 19.1 Å². The van der Waals surface area contributed by atoms with E-state index in [1.54, 1.807) is 42.7 Å². The van der Waals surface area contributed by atoms with Gasteiger partial charge in [0.15, 0.2) is 0 Å². The molecule has 4 rings (SSSR count). The first-order chi connectivity index (χ1) is 17.0. The third-order valence-electron chi connectivity index (χ3n) is 6.01. The van der Waals surface area contributed by atoms with Crippen molar-refractivity contribution in [3.8, 4) is 11.5 Å². The molecule has 8 heteroatoms. The zero-order chi connectivity index (χ0) is 24.8. The molecule has 1 atom stereocenters. The molecule has 1 aliphatic rings. The average Bonchev–Trinajstić information content (AvgIpc) is 3.37. The van der Waals surface area contributed by atoms with Crippen LogP contribution in [0.25, 0.3) is 0 Å². The number of ether oxygens (including phenoxy) is 2. The highest BCUT2D eigenvalue weighted by Crippen LogP contribution is 2.38. The summed E-state index contributed by atoms with van der Waals surface area (Å²) in [7, 11) is 3.08. The highest BCUT2D eigenvalue weighted by atomic mass is 32.1. The summed E-state index contributed by atoms with van der Waals surface area (Å²) in [4.78, 5) is 31.4. The number of carbonyl (C=O) groups is 2. The van der Waals surface area contributed by atoms with Gasteiger partial charge in [-0.3, -0.25) is 4.79 Å². The van der Waals surface area contributed by atoms with Gasteiger partial charge in [0, 0.05) is 24.0 Å². The molecule has 2 heterocycles. The molecular weight excluding hydrogens is 462 g/mol. The van der Waals surface area contributed by atoms with Crippen molar-refractivity contribution in [2.24, 2.45) is 0 Å². The first-order valence-electron chi connectivity index (χ1n) is 11.3. The van der Waals surface area contributed by atoms with E-state index in [1.807, 2.05) is 35.2 Å². The largest absolute Gasteiger partial charge is 0.497 e. The molecule has 0 saturated carbocycles. The van der Waals surface area contributed by atoms with Gasteiger partial charge in [-0.2, -0.15) is 0 Å².